The topological polar surface area (TPSA) is 47.6 Å². The van der Waals surface area contributed by atoms with Crippen molar-refractivity contribution >= 4 is 11.8 Å². The highest BCUT2D eigenvalue weighted by atomic mass is 16.5. The van der Waals surface area contributed by atoms with Crippen LogP contribution in [0.3, 0.4) is 0 Å². The van der Waals surface area contributed by atoms with Crippen LogP contribution >= 0.6 is 0 Å². The van der Waals surface area contributed by atoms with Gasteiger partial charge >= 0.3 is 6.09 Å². The molecule has 1 aliphatic heterocycles. The monoisotopic (exact) mass is 391 g/mol. The molecule has 158 valence electrons. The van der Waals surface area contributed by atoms with E-state index in [1.54, 1.807) is 0 Å². The maximum Gasteiger partial charge on any atom is 0.411 e. The number of carbonyl (C=O) groups excluding carboxylic acids is 1. The molecule has 0 aromatic heterocycles. The van der Waals surface area contributed by atoms with E-state index in [4.69, 9.17) is 9.47 Å². The minimum Gasteiger partial charge on any atom is -0.491 e. The van der Waals surface area contributed by atoms with E-state index in [0.717, 1.165) is 24.0 Å². The summed E-state index contributed by atoms with van der Waals surface area (Å²) in [6.07, 6.45) is 9.49. The lowest BCUT2D eigenvalue weighted by atomic mass is 10.1. The van der Waals surface area contributed by atoms with Crippen LogP contribution in [0.1, 0.15) is 65.2 Å². The van der Waals surface area contributed by atoms with Gasteiger partial charge in [-0.1, -0.05) is 44.7 Å². The summed E-state index contributed by atoms with van der Waals surface area (Å²) in [5.41, 5.74) is 0.679. The summed E-state index contributed by atoms with van der Waals surface area (Å²) in [6, 6.07) is 7.58. The fourth-order valence-electron chi connectivity index (χ4n) is 3.94. The third-order valence-electron chi connectivity index (χ3n) is 5.86. The van der Waals surface area contributed by atoms with Crippen LogP contribution in [0.15, 0.2) is 24.3 Å². The van der Waals surface area contributed by atoms with E-state index in [1.165, 1.54) is 58.0 Å². The molecule has 0 radical (unpaired) electrons. The first kappa shape index (κ1) is 22.5. The van der Waals surface area contributed by atoms with Gasteiger partial charge in [0.05, 0.1) is 31.9 Å². The number of benzene rings is 1. The predicted molar refractivity (Wildman–Crippen MR) is 115 cm³/mol. The van der Waals surface area contributed by atoms with Crippen LogP contribution in [-0.4, -0.2) is 50.0 Å². The maximum atomic E-state index is 12.3. The van der Waals surface area contributed by atoms with E-state index >= 15 is 0 Å². The highest BCUT2D eigenvalue weighted by Crippen LogP contribution is 2.24. The number of anilines is 1. The first-order valence-electron chi connectivity index (χ1n) is 11.2. The number of piperidine rings is 1. The van der Waals surface area contributed by atoms with Crippen LogP contribution in [0.2, 0.25) is 0 Å². The molecule has 0 unspecified atom stereocenters. The molecular weight excluding hydrogens is 352 g/mol. The van der Waals surface area contributed by atoms with E-state index in [1.807, 2.05) is 24.3 Å². The Hall–Kier alpha value is -1.75. The van der Waals surface area contributed by atoms with Gasteiger partial charge in [0.1, 0.15) is 18.9 Å². The van der Waals surface area contributed by atoms with E-state index in [-0.39, 0.29) is 0 Å². The number of nitrogens with one attached hydrogen (secondary N) is 1. The quantitative estimate of drug-likeness (QED) is 0.372. The number of para-hydroxylation sites is 2. The number of quaternary nitrogens is 1. The lowest BCUT2D eigenvalue weighted by molar-refractivity contribution is -0.930. The number of hydrogen-bond acceptors (Lipinski definition) is 3. The van der Waals surface area contributed by atoms with Crippen molar-refractivity contribution < 1.29 is 18.8 Å². The minimum atomic E-state index is -0.398. The van der Waals surface area contributed by atoms with Crippen LogP contribution in [0.4, 0.5) is 10.5 Å². The van der Waals surface area contributed by atoms with Gasteiger partial charge in [0, 0.05) is 0 Å². The second-order valence-corrected chi connectivity index (χ2v) is 7.91. The molecule has 0 aliphatic carbocycles. The number of amides is 1. The summed E-state index contributed by atoms with van der Waals surface area (Å²) in [5, 5.41) is 2.85. The average molecular weight is 392 g/mol. The van der Waals surface area contributed by atoms with E-state index in [9.17, 15) is 4.79 Å². The maximum absolute atomic E-state index is 12.3. The Morgan fingerprint density at radius 1 is 1.00 bits per heavy atom. The Kier molecular flexibility index (Phi) is 10.2. The second-order valence-electron chi connectivity index (χ2n) is 7.91. The number of likely N-dealkylation sites (tertiary alicyclic amines) is 1. The molecule has 1 saturated heterocycles. The summed E-state index contributed by atoms with van der Waals surface area (Å²) in [5.74, 6) is 0.711. The molecule has 1 aliphatic rings. The minimum absolute atomic E-state index is 0.398. The van der Waals surface area contributed by atoms with E-state index in [2.05, 4.69) is 19.2 Å². The number of likely N-dealkylation sites (N-methyl/N-ethyl adjacent to an activating group) is 1. The zero-order valence-corrected chi connectivity index (χ0v) is 17.9. The first-order chi connectivity index (χ1) is 13.7. The predicted octanol–water partition coefficient (Wildman–Crippen LogP) is 5.60. The third kappa shape index (κ3) is 7.70. The lowest BCUT2D eigenvalue weighted by Gasteiger charge is -2.40. The van der Waals surface area contributed by atoms with Crippen molar-refractivity contribution in [3.63, 3.8) is 0 Å². The molecule has 1 fully saturated rings. The molecular formula is C23H39N2O3+. The number of carbonyl (C=O) groups is 1. The van der Waals surface area contributed by atoms with Gasteiger partial charge in [-0.25, -0.2) is 4.79 Å². The van der Waals surface area contributed by atoms with E-state index < -0.39 is 6.09 Å². The molecule has 1 N–H and O–H groups in total. The van der Waals surface area contributed by atoms with Gasteiger partial charge in [-0.15, -0.1) is 0 Å². The molecule has 0 saturated carbocycles. The van der Waals surface area contributed by atoms with Crippen molar-refractivity contribution in [2.24, 2.45) is 0 Å². The molecule has 1 aromatic carbocycles. The smallest absolute Gasteiger partial charge is 0.411 e. The number of nitrogens with zero attached hydrogens (tertiary/aromatic N) is 1. The van der Waals surface area contributed by atoms with Gasteiger partial charge in [-0.05, 0) is 44.7 Å². The van der Waals surface area contributed by atoms with Gasteiger partial charge in [0.15, 0.2) is 0 Å². The van der Waals surface area contributed by atoms with Gasteiger partial charge in [-0.3, -0.25) is 5.32 Å². The van der Waals surface area contributed by atoms with E-state index in [0.29, 0.717) is 24.7 Å². The zero-order valence-electron chi connectivity index (χ0n) is 17.9. The van der Waals surface area contributed by atoms with Crippen molar-refractivity contribution in [1.29, 1.82) is 0 Å². The average Bonchev–Trinajstić information content (AvgIpc) is 2.72. The largest absolute Gasteiger partial charge is 0.491 e. The normalized spacial score (nSPS) is 15.8. The Bertz CT molecular complexity index is 571. The van der Waals surface area contributed by atoms with Crippen LogP contribution in [0.25, 0.3) is 0 Å². The van der Waals surface area contributed by atoms with Crippen molar-refractivity contribution in [3.8, 4) is 5.75 Å². The Balaban J connectivity index is 1.73. The summed E-state index contributed by atoms with van der Waals surface area (Å²) < 4.78 is 12.4. The summed E-state index contributed by atoms with van der Waals surface area (Å²) >= 11 is 0. The third-order valence-corrected chi connectivity index (χ3v) is 5.86. The fourth-order valence-corrected chi connectivity index (χ4v) is 3.94. The van der Waals surface area contributed by atoms with Gasteiger partial charge in [0.25, 0.3) is 0 Å². The highest BCUT2D eigenvalue weighted by Gasteiger charge is 2.28. The number of rotatable bonds is 12. The van der Waals surface area contributed by atoms with Gasteiger partial charge in [-0.2, -0.15) is 0 Å². The summed E-state index contributed by atoms with van der Waals surface area (Å²) in [6.45, 7) is 10.0. The Morgan fingerprint density at radius 3 is 2.50 bits per heavy atom. The van der Waals surface area contributed by atoms with Crippen LogP contribution in [0.5, 0.6) is 5.75 Å². The Morgan fingerprint density at radius 2 is 1.75 bits per heavy atom. The molecule has 2 rings (SSSR count). The molecule has 5 heteroatoms. The molecule has 1 aromatic rings. The van der Waals surface area contributed by atoms with Gasteiger partial charge in [0.2, 0.25) is 0 Å². The molecule has 1 amide bonds. The summed E-state index contributed by atoms with van der Waals surface area (Å²) in [4.78, 5) is 12.3. The standard InChI is InChI=1S/C23H38N2O3/c1-3-5-6-7-13-19-27-22-15-10-9-14-21(22)24-23(26)28-20-18-25(4-2)16-11-8-12-17-25/h9-10,14-15H,3-8,11-13,16-20H2,1-2H3/p+1. The second kappa shape index (κ2) is 12.7. The first-order valence-corrected chi connectivity index (χ1v) is 11.2. The number of hydrogen-bond donors (Lipinski definition) is 1. The molecule has 1 heterocycles. The van der Waals surface area contributed by atoms with Crippen molar-refractivity contribution in [2.45, 2.75) is 65.2 Å². The fraction of sp³-hybridized carbons (Fsp3) is 0.696. The van der Waals surface area contributed by atoms with Crippen LogP contribution < -0.4 is 10.1 Å². The molecule has 0 atom stereocenters. The Labute approximate surface area is 171 Å². The van der Waals surface area contributed by atoms with Crippen molar-refractivity contribution in [1.82, 2.24) is 0 Å². The molecule has 0 bridgehead atoms. The van der Waals surface area contributed by atoms with Crippen molar-refractivity contribution in [2.75, 3.05) is 44.7 Å². The summed E-state index contributed by atoms with van der Waals surface area (Å²) in [7, 11) is 0. The zero-order chi connectivity index (χ0) is 20.1. The number of ether oxygens (including phenoxy) is 2. The van der Waals surface area contributed by atoms with Crippen molar-refractivity contribution in [3.05, 3.63) is 24.3 Å². The number of unbranched alkanes of at least 4 members (excludes halogenated alkanes) is 4. The SMILES string of the molecule is CCCCCCCOc1ccccc1NC(=O)OCC[N+]1(CC)CCCCC1. The lowest BCUT2D eigenvalue weighted by Crippen LogP contribution is -2.53. The van der Waals surface area contributed by atoms with Crippen LogP contribution in [-0.2, 0) is 4.74 Å². The molecule has 0 spiro atoms. The van der Waals surface area contributed by atoms with Crippen LogP contribution in [0, 0.1) is 0 Å². The highest BCUT2D eigenvalue weighted by molar-refractivity contribution is 5.86. The van der Waals surface area contributed by atoms with Gasteiger partial charge < -0.3 is 14.0 Å². The molecule has 28 heavy (non-hydrogen) atoms. The molecule has 5 nitrogen and oxygen atoms in total.